The molecule has 1 atom stereocenters. The van der Waals surface area contributed by atoms with Gasteiger partial charge in [-0.3, -0.25) is 4.98 Å². The van der Waals surface area contributed by atoms with E-state index in [1.165, 1.54) is 0 Å². The van der Waals surface area contributed by atoms with Crippen LogP contribution in [0.4, 0.5) is 5.69 Å². The van der Waals surface area contributed by atoms with E-state index in [9.17, 15) is 0 Å². The third-order valence-electron chi connectivity index (χ3n) is 2.86. The zero-order valence-corrected chi connectivity index (χ0v) is 9.67. The Morgan fingerprint density at radius 1 is 1.56 bits per heavy atom. The minimum atomic E-state index is 0.424. The molecule has 84 valence electrons. The summed E-state index contributed by atoms with van der Waals surface area (Å²) in [5.74, 6) is 0. The molecule has 0 spiro atoms. The van der Waals surface area contributed by atoms with Crippen LogP contribution in [0.2, 0.25) is 0 Å². The molecule has 2 heterocycles. The van der Waals surface area contributed by atoms with E-state index in [2.05, 4.69) is 21.7 Å². The van der Waals surface area contributed by atoms with Crippen molar-refractivity contribution in [3.8, 4) is 6.07 Å². The van der Waals surface area contributed by atoms with E-state index in [0.717, 1.165) is 36.6 Å². The Kier molecular flexibility index (Phi) is 3.07. The molecule has 1 aliphatic rings. The number of nitriles is 1. The number of hydrogen-bond donors (Lipinski definition) is 2. The van der Waals surface area contributed by atoms with Gasteiger partial charge in [0.2, 0.25) is 0 Å². The van der Waals surface area contributed by atoms with Gasteiger partial charge in [0, 0.05) is 18.3 Å². The van der Waals surface area contributed by atoms with Crippen LogP contribution < -0.4 is 10.6 Å². The molecule has 0 radical (unpaired) electrons. The highest BCUT2D eigenvalue weighted by atomic mass is 15.0. The van der Waals surface area contributed by atoms with Gasteiger partial charge < -0.3 is 10.6 Å². The fourth-order valence-corrected chi connectivity index (χ4v) is 2.08. The first-order chi connectivity index (χ1) is 7.70. The molecule has 16 heavy (non-hydrogen) atoms. The van der Waals surface area contributed by atoms with Gasteiger partial charge in [-0.1, -0.05) is 0 Å². The molecule has 1 aliphatic heterocycles. The number of anilines is 1. The molecule has 0 amide bonds. The average Bonchev–Trinajstić information content (AvgIpc) is 2.70. The largest absolute Gasteiger partial charge is 0.380 e. The Bertz CT molecular complexity index is 427. The van der Waals surface area contributed by atoms with Gasteiger partial charge in [-0.2, -0.15) is 5.26 Å². The summed E-state index contributed by atoms with van der Waals surface area (Å²) in [6.45, 7) is 5.84. The molecule has 0 aliphatic carbocycles. The molecule has 0 bridgehead atoms. The SMILES string of the molecule is Cc1cc(NC2CCNC2)c(C#N)c(C)n1. The molecule has 0 aromatic carbocycles. The first-order valence-corrected chi connectivity index (χ1v) is 5.56. The molecular formula is C12H16N4. The average molecular weight is 216 g/mol. The van der Waals surface area contributed by atoms with Crippen LogP contribution in [-0.4, -0.2) is 24.1 Å². The summed E-state index contributed by atoms with van der Waals surface area (Å²) in [5, 5.41) is 15.8. The number of rotatable bonds is 2. The van der Waals surface area contributed by atoms with Crippen LogP contribution in [0.5, 0.6) is 0 Å². The summed E-state index contributed by atoms with van der Waals surface area (Å²) in [6, 6.07) is 4.59. The number of aryl methyl sites for hydroxylation is 2. The smallest absolute Gasteiger partial charge is 0.103 e. The Hall–Kier alpha value is -1.60. The second-order valence-electron chi connectivity index (χ2n) is 4.22. The summed E-state index contributed by atoms with van der Waals surface area (Å²) in [7, 11) is 0. The van der Waals surface area contributed by atoms with Crippen LogP contribution >= 0.6 is 0 Å². The summed E-state index contributed by atoms with van der Waals surface area (Å²) in [5.41, 5.74) is 3.33. The first-order valence-electron chi connectivity index (χ1n) is 5.56. The molecule has 1 aromatic rings. The van der Waals surface area contributed by atoms with Crippen molar-refractivity contribution < 1.29 is 0 Å². The van der Waals surface area contributed by atoms with E-state index in [4.69, 9.17) is 5.26 Å². The predicted octanol–water partition coefficient (Wildman–Crippen LogP) is 1.34. The fourth-order valence-electron chi connectivity index (χ4n) is 2.08. The summed E-state index contributed by atoms with van der Waals surface area (Å²) in [4.78, 5) is 4.30. The molecule has 1 fully saturated rings. The maximum atomic E-state index is 9.12. The van der Waals surface area contributed by atoms with Gasteiger partial charge in [0.25, 0.3) is 0 Å². The van der Waals surface area contributed by atoms with Crippen LogP contribution in [0.3, 0.4) is 0 Å². The lowest BCUT2D eigenvalue weighted by atomic mass is 10.1. The van der Waals surface area contributed by atoms with Gasteiger partial charge in [-0.25, -0.2) is 0 Å². The quantitative estimate of drug-likeness (QED) is 0.783. The molecule has 1 unspecified atom stereocenters. The Morgan fingerprint density at radius 2 is 2.38 bits per heavy atom. The summed E-state index contributed by atoms with van der Waals surface area (Å²) in [6.07, 6.45) is 1.10. The molecule has 2 N–H and O–H groups in total. The second-order valence-corrected chi connectivity index (χ2v) is 4.22. The number of hydrogen-bond acceptors (Lipinski definition) is 4. The van der Waals surface area contributed by atoms with Gasteiger partial charge in [0.05, 0.1) is 16.9 Å². The van der Waals surface area contributed by atoms with Crippen molar-refractivity contribution in [2.24, 2.45) is 0 Å². The Labute approximate surface area is 95.7 Å². The topological polar surface area (TPSA) is 60.7 Å². The standard InChI is InChI=1S/C12H16N4/c1-8-5-12(11(6-13)9(2)15-8)16-10-3-4-14-7-10/h5,10,14H,3-4,7H2,1-2H3,(H,15,16). The highest BCUT2D eigenvalue weighted by molar-refractivity contribution is 5.60. The van der Waals surface area contributed by atoms with Crippen molar-refractivity contribution in [1.29, 1.82) is 5.26 Å². The Morgan fingerprint density at radius 3 is 3.00 bits per heavy atom. The van der Waals surface area contributed by atoms with Gasteiger partial charge >= 0.3 is 0 Å². The van der Waals surface area contributed by atoms with Crippen LogP contribution in [0.25, 0.3) is 0 Å². The van der Waals surface area contributed by atoms with E-state index in [-0.39, 0.29) is 0 Å². The van der Waals surface area contributed by atoms with E-state index in [1.807, 2.05) is 19.9 Å². The minimum absolute atomic E-state index is 0.424. The molecule has 4 nitrogen and oxygen atoms in total. The predicted molar refractivity (Wildman–Crippen MR) is 63.3 cm³/mol. The highest BCUT2D eigenvalue weighted by Crippen LogP contribution is 2.20. The van der Waals surface area contributed by atoms with Crippen molar-refractivity contribution in [3.63, 3.8) is 0 Å². The number of nitrogens with one attached hydrogen (secondary N) is 2. The number of nitrogens with zero attached hydrogens (tertiary/aromatic N) is 2. The fraction of sp³-hybridized carbons (Fsp3) is 0.500. The molecule has 4 heteroatoms. The second kappa shape index (κ2) is 4.50. The van der Waals surface area contributed by atoms with Crippen molar-refractivity contribution in [1.82, 2.24) is 10.3 Å². The maximum Gasteiger partial charge on any atom is 0.103 e. The van der Waals surface area contributed by atoms with Crippen LogP contribution in [-0.2, 0) is 0 Å². The van der Waals surface area contributed by atoms with Crippen molar-refractivity contribution in [2.45, 2.75) is 26.3 Å². The van der Waals surface area contributed by atoms with Crippen molar-refractivity contribution in [3.05, 3.63) is 23.0 Å². The zero-order chi connectivity index (χ0) is 11.5. The molecule has 1 aromatic heterocycles. The Balaban J connectivity index is 2.28. The normalized spacial score (nSPS) is 19.4. The molecule has 0 saturated carbocycles. The van der Waals surface area contributed by atoms with Crippen LogP contribution in [0, 0.1) is 25.2 Å². The maximum absolute atomic E-state index is 9.12. The number of aromatic nitrogens is 1. The number of pyridine rings is 1. The van der Waals surface area contributed by atoms with E-state index < -0.39 is 0 Å². The van der Waals surface area contributed by atoms with E-state index in [0.29, 0.717) is 11.6 Å². The van der Waals surface area contributed by atoms with Crippen LogP contribution in [0.1, 0.15) is 23.4 Å². The zero-order valence-electron chi connectivity index (χ0n) is 9.67. The monoisotopic (exact) mass is 216 g/mol. The van der Waals surface area contributed by atoms with E-state index in [1.54, 1.807) is 0 Å². The lowest BCUT2D eigenvalue weighted by Crippen LogP contribution is -2.23. The van der Waals surface area contributed by atoms with Crippen molar-refractivity contribution >= 4 is 5.69 Å². The third kappa shape index (κ3) is 2.15. The van der Waals surface area contributed by atoms with Crippen LogP contribution in [0.15, 0.2) is 6.07 Å². The van der Waals surface area contributed by atoms with Gasteiger partial charge in [0.15, 0.2) is 0 Å². The summed E-state index contributed by atoms with van der Waals surface area (Å²) >= 11 is 0. The first kappa shape index (κ1) is 10.9. The van der Waals surface area contributed by atoms with Gasteiger partial charge in [-0.05, 0) is 32.9 Å². The lowest BCUT2D eigenvalue weighted by Gasteiger charge is -2.15. The summed E-state index contributed by atoms with van der Waals surface area (Å²) < 4.78 is 0. The third-order valence-corrected chi connectivity index (χ3v) is 2.86. The minimum Gasteiger partial charge on any atom is -0.380 e. The molecule has 1 saturated heterocycles. The lowest BCUT2D eigenvalue weighted by molar-refractivity contribution is 0.792. The van der Waals surface area contributed by atoms with E-state index >= 15 is 0 Å². The molecule has 2 rings (SSSR count). The van der Waals surface area contributed by atoms with Crippen molar-refractivity contribution in [2.75, 3.05) is 18.4 Å². The highest BCUT2D eigenvalue weighted by Gasteiger charge is 2.16. The van der Waals surface area contributed by atoms with Gasteiger partial charge in [-0.15, -0.1) is 0 Å². The van der Waals surface area contributed by atoms with Gasteiger partial charge in [0.1, 0.15) is 6.07 Å². The molecular weight excluding hydrogens is 200 g/mol.